The van der Waals surface area contributed by atoms with E-state index in [1.54, 1.807) is 4.90 Å². The van der Waals surface area contributed by atoms with E-state index in [1.165, 1.54) is 5.51 Å². The first kappa shape index (κ1) is 28.5. The Morgan fingerprint density at radius 3 is 2.50 bits per heavy atom. The fourth-order valence-electron chi connectivity index (χ4n) is 5.08. The fraction of sp³-hybridized carbons (Fsp3) is 0.583. The molecule has 1 atom stereocenters. The maximum atomic E-state index is 14.2. The molecular weight excluding hydrogens is 555 g/mol. The fourth-order valence-corrected chi connectivity index (χ4v) is 7.60. The zero-order valence-electron chi connectivity index (χ0n) is 20.4. The molecule has 1 saturated carbocycles. The minimum Gasteiger partial charge on any atom is -0.487 e. The normalized spacial score (nSPS) is 20.3. The van der Waals surface area contributed by atoms with Crippen molar-refractivity contribution in [2.45, 2.75) is 75.1 Å². The van der Waals surface area contributed by atoms with E-state index in [0.29, 0.717) is 12.8 Å². The van der Waals surface area contributed by atoms with Crippen molar-refractivity contribution in [1.82, 2.24) is 4.98 Å². The quantitative estimate of drug-likeness (QED) is 0.380. The molecule has 1 aliphatic carbocycles. The van der Waals surface area contributed by atoms with E-state index in [0.717, 1.165) is 43.2 Å². The van der Waals surface area contributed by atoms with Crippen LogP contribution in [0.1, 0.15) is 66.4 Å². The number of sulfone groups is 1. The van der Waals surface area contributed by atoms with Crippen LogP contribution in [0.2, 0.25) is 0 Å². The molecule has 38 heavy (non-hydrogen) atoms. The number of fused-ring (bicyclic) bond motifs is 1. The van der Waals surface area contributed by atoms with Crippen LogP contribution < -0.4 is 9.64 Å². The maximum Gasteiger partial charge on any atom is 0.420 e. The van der Waals surface area contributed by atoms with E-state index in [4.69, 9.17) is 4.74 Å². The first-order valence-corrected chi connectivity index (χ1v) is 14.6. The number of alkyl halides is 5. The molecule has 0 bridgehead atoms. The molecule has 1 aromatic heterocycles. The molecular formula is C24H27F5N2O5S2. The number of ether oxygens (including phenoxy) is 1. The number of carboxylic acids is 1. The summed E-state index contributed by atoms with van der Waals surface area (Å²) in [6.45, 7) is 0.238. The molecule has 1 N–H and O–H groups in total. The Hall–Kier alpha value is -2.48. The van der Waals surface area contributed by atoms with Gasteiger partial charge in [-0.2, -0.15) is 13.2 Å². The van der Waals surface area contributed by atoms with Crippen LogP contribution in [0, 0.1) is 5.92 Å². The van der Waals surface area contributed by atoms with Crippen molar-refractivity contribution in [1.29, 1.82) is 0 Å². The van der Waals surface area contributed by atoms with Crippen molar-refractivity contribution >= 4 is 32.8 Å². The summed E-state index contributed by atoms with van der Waals surface area (Å²) in [5, 5.41) is 9.22. The number of nitrogens with zero attached hydrogens (tertiary/aromatic N) is 2. The number of anilines is 1. The molecule has 1 fully saturated rings. The van der Waals surface area contributed by atoms with Crippen LogP contribution in [0.15, 0.2) is 22.5 Å². The molecule has 0 unspecified atom stereocenters. The molecule has 0 radical (unpaired) electrons. The maximum absolute atomic E-state index is 14.2. The van der Waals surface area contributed by atoms with Crippen molar-refractivity contribution in [3.8, 4) is 5.75 Å². The predicted molar refractivity (Wildman–Crippen MR) is 130 cm³/mol. The highest BCUT2D eigenvalue weighted by atomic mass is 32.2. The van der Waals surface area contributed by atoms with Gasteiger partial charge in [0, 0.05) is 25.1 Å². The summed E-state index contributed by atoms with van der Waals surface area (Å²) < 4.78 is 102. The van der Waals surface area contributed by atoms with Gasteiger partial charge in [-0.1, -0.05) is 12.8 Å². The van der Waals surface area contributed by atoms with E-state index in [-0.39, 0.29) is 40.2 Å². The number of hydrogen-bond acceptors (Lipinski definition) is 7. The van der Waals surface area contributed by atoms with Crippen LogP contribution >= 0.6 is 11.3 Å². The van der Waals surface area contributed by atoms with Gasteiger partial charge in [0.1, 0.15) is 12.4 Å². The van der Waals surface area contributed by atoms with Crippen LogP contribution in [-0.4, -0.2) is 48.7 Å². The second-order valence-electron chi connectivity index (χ2n) is 9.88. The summed E-state index contributed by atoms with van der Waals surface area (Å²) in [5.41, 5.74) is -0.456. The molecule has 1 aromatic carbocycles. The second-order valence-corrected chi connectivity index (χ2v) is 12.8. The Morgan fingerprint density at radius 1 is 1.21 bits per heavy atom. The lowest BCUT2D eigenvalue weighted by molar-refractivity contribution is -0.139. The van der Waals surface area contributed by atoms with E-state index >= 15 is 0 Å². The lowest BCUT2D eigenvalue weighted by atomic mass is 10.00. The number of hydrogen-bond donors (Lipinski definition) is 1. The van der Waals surface area contributed by atoms with E-state index in [9.17, 15) is 40.3 Å². The zero-order chi connectivity index (χ0) is 27.9. The summed E-state index contributed by atoms with van der Waals surface area (Å²) >= 11 is 0.881. The van der Waals surface area contributed by atoms with Gasteiger partial charge in [0.05, 0.1) is 32.3 Å². The Kier molecular flexibility index (Phi) is 7.95. The third kappa shape index (κ3) is 6.38. The minimum atomic E-state index is -4.91. The van der Waals surface area contributed by atoms with Gasteiger partial charge in [-0.15, -0.1) is 11.3 Å². The van der Waals surface area contributed by atoms with Gasteiger partial charge >= 0.3 is 12.1 Å². The SMILES string of the molecule is CC(F)(F)CC[C@@H]1CN(C2CCCC2)c2cc(C(F)(F)F)c(OCc3scnc3C(=O)O)cc2S(=O)(=O)C1. The van der Waals surface area contributed by atoms with Gasteiger partial charge in [-0.25, -0.2) is 27.0 Å². The number of aromatic carboxylic acids is 1. The third-order valence-corrected chi connectivity index (χ3v) is 9.59. The van der Waals surface area contributed by atoms with Crippen LogP contribution in [0.25, 0.3) is 0 Å². The van der Waals surface area contributed by atoms with Crippen LogP contribution in [0.5, 0.6) is 5.75 Å². The molecule has 210 valence electrons. The van der Waals surface area contributed by atoms with Crippen molar-refractivity contribution in [3.63, 3.8) is 0 Å². The van der Waals surface area contributed by atoms with Crippen LogP contribution in [0.4, 0.5) is 27.6 Å². The van der Waals surface area contributed by atoms with Crippen molar-refractivity contribution in [2.75, 3.05) is 17.2 Å². The largest absolute Gasteiger partial charge is 0.487 e. The molecule has 2 aromatic rings. The first-order valence-electron chi connectivity index (χ1n) is 12.1. The highest BCUT2D eigenvalue weighted by Gasteiger charge is 2.41. The van der Waals surface area contributed by atoms with Gasteiger partial charge in [-0.05, 0) is 38.2 Å². The highest BCUT2D eigenvalue weighted by Crippen LogP contribution is 2.46. The van der Waals surface area contributed by atoms with E-state index in [2.05, 4.69) is 4.98 Å². The van der Waals surface area contributed by atoms with Crippen molar-refractivity contribution in [3.05, 3.63) is 33.8 Å². The van der Waals surface area contributed by atoms with Crippen LogP contribution in [0.3, 0.4) is 0 Å². The average molecular weight is 583 g/mol. The standard InChI is InChI=1S/C24H27F5N2O5S2/c1-23(25,26)7-6-14-10-31(15-4-2-3-5-15)17-8-16(24(27,28)29)18(9-20(17)38(34,35)12-14)36-11-19-21(22(32)33)30-13-37-19/h8-9,13-15H,2-7,10-12H2,1H3,(H,32,33)/t14-/m1/s1. The molecule has 0 spiro atoms. The van der Waals surface area contributed by atoms with Gasteiger partial charge in [0.2, 0.25) is 5.92 Å². The molecule has 4 rings (SSSR count). The van der Waals surface area contributed by atoms with Gasteiger partial charge in [-0.3, -0.25) is 0 Å². The topological polar surface area (TPSA) is 96.8 Å². The smallest absolute Gasteiger partial charge is 0.420 e. The second kappa shape index (κ2) is 10.6. The van der Waals surface area contributed by atoms with Gasteiger partial charge in [0.15, 0.2) is 15.5 Å². The number of carboxylic acid groups (broad SMARTS) is 1. The Bertz CT molecular complexity index is 1280. The van der Waals surface area contributed by atoms with E-state index < -0.39 is 63.9 Å². The zero-order valence-corrected chi connectivity index (χ0v) is 22.1. The average Bonchev–Trinajstić information content (AvgIpc) is 3.48. The molecule has 14 heteroatoms. The lowest BCUT2D eigenvalue weighted by Crippen LogP contribution is -2.38. The molecule has 0 amide bonds. The Balaban J connectivity index is 1.78. The summed E-state index contributed by atoms with van der Waals surface area (Å²) in [6.07, 6.45) is -2.58. The number of rotatable bonds is 8. The molecule has 2 heterocycles. The summed E-state index contributed by atoms with van der Waals surface area (Å²) in [5.74, 6) is -6.32. The Labute approximate surface area is 220 Å². The molecule has 2 aliphatic rings. The van der Waals surface area contributed by atoms with Gasteiger partial charge < -0.3 is 14.7 Å². The Morgan fingerprint density at radius 2 is 1.89 bits per heavy atom. The number of thiazole rings is 1. The summed E-state index contributed by atoms with van der Waals surface area (Å²) in [4.78, 5) is 16.4. The number of benzene rings is 1. The molecule has 1 aliphatic heterocycles. The number of aromatic nitrogens is 1. The monoisotopic (exact) mass is 582 g/mol. The van der Waals surface area contributed by atoms with Gasteiger partial charge in [0.25, 0.3) is 0 Å². The van der Waals surface area contributed by atoms with E-state index in [1.807, 2.05) is 0 Å². The molecule has 0 saturated heterocycles. The predicted octanol–water partition coefficient (Wildman–Crippen LogP) is 6.03. The highest BCUT2D eigenvalue weighted by molar-refractivity contribution is 7.91. The minimum absolute atomic E-state index is 0.0489. The molecule has 7 nitrogen and oxygen atoms in total. The summed E-state index contributed by atoms with van der Waals surface area (Å²) in [7, 11) is -4.17. The summed E-state index contributed by atoms with van der Waals surface area (Å²) in [6, 6.07) is 1.39. The number of carbonyl (C=O) groups is 1. The first-order chi connectivity index (χ1) is 17.7. The van der Waals surface area contributed by atoms with Crippen molar-refractivity contribution in [2.24, 2.45) is 5.92 Å². The number of halogens is 5. The third-order valence-electron chi connectivity index (χ3n) is 6.88. The lowest BCUT2D eigenvalue weighted by Gasteiger charge is -2.34. The van der Waals surface area contributed by atoms with Crippen LogP contribution in [-0.2, 0) is 22.6 Å². The van der Waals surface area contributed by atoms with Crippen molar-refractivity contribution < 1.29 is 45.0 Å².